The fourth-order valence-electron chi connectivity index (χ4n) is 1.15. The smallest absolute Gasteiger partial charge is 0.294 e. The lowest BCUT2D eigenvalue weighted by molar-refractivity contribution is -0.384. The van der Waals surface area contributed by atoms with E-state index in [2.05, 4.69) is 21.2 Å². The monoisotopic (exact) mass is 342 g/mol. The van der Waals surface area contributed by atoms with Crippen LogP contribution in [0.2, 0.25) is 5.02 Å². The van der Waals surface area contributed by atoms with Crippen LogP contribution in [-0.2, 0) is 0 Å². The molecule has 2 N–H and O–H groups in total. The largest absolute Gasteiger partial charge is 0.390 e. The molecule has 0 bridgehead atoms. The number of halogens is 3. The summed E-state index contributed by atoms with van der Waals surface area (Å²) in [5, 5.41) is 23.1. The topological polar surface area (TPSA) is 75.4 Å². The van der Waals surface area contributed by atoms with E-state index in [1.807, 2.05) is 0 Å². The molecule has 0 aliphatic rings. The van der Waals surface area contributed by atoms with Crippen LogP contribution in [0.3, 0.4) is 0 Å². The Balaban J connectivity index is 3.00. The zero-order valence-electron chi connectivity index (χ0n) is 8.49. The molecule has 1 aromatic rings. The highest BCUT2D eigenvalue weighted by molar-refractivity contribution is 9.10. The molecule has 0 fully saturated rings. The first-order valence-electron chi connectivity index (χ1n) is 4.57. The molecule has 5 nitrogen and oxygen atoms in total. The van der Waals surface area contributed by atoms with Gasteiger partial charge in [0.25, 0.3) is 5.69 Å². The van der Waals surface area contributed by atoms with Crippen molar-refractivity contribution in [3.63, 3.8) is 0 Å². The van der Waals surface area contributed by atoms with Gasteiger partial charge in [-0.05, 0) is 22.0 Å². The number of alkyl halides is 1. The molecule has 17 heavy (non-hydrogen) atoms. The van der Waals surface area contributed by atoms with Gasteiger partial charge in [-0.2, -0.15) is 0 Å². The first-order valence-corrected chi connectivity index (χ1v) is 6.27. The minimum Gasteiger partial charge on any atom is -0.390 e. The number of anilines is 1. The molecular weight excluding hydrogens is 335 g/mol. The number of aliphatic hydroxyl groups excluding tert-OH is 1. The first-order chi connectivity index (χ1) is 7.95. The molecule has 94 valence electrons. The molecule has 1 atom stereocenters. The summed E-state index contributed by atoms with van der Waals surface area (Å²) < 4.78 is 0.457. The first kappa shape index (κ1) is 14.5. The Hall–Kier alpha value is -0.560. The van der Waals surface area contributed by atoms with Gasteiger partial charge in [-0.15, -0.1) is 11.6 Å². The normalized spacial score (nSPS) is 12.2. The third-order valence-electron chi connectivity index (χ3n) is 1.92. The highest BCUT2D eigenvalue weighted by atomic mass is 79.9. The zero-order chi connectivity index (χ0) is 13.0. The number of nitrogens with zero attached hydrogens (tertiary/aromatic N) is 1. The molecule has 8 heteroatoms. The van der Waals surface area contributed by atoms with Crippen molar-refractivity contribution in [1.29, 1.82) is 0 Å². The van der Waals surface area contributed by atoms with Gasteiger partial charge in [0.1, 0.15) is 5.69 Å². The van der Waals surface area contributed by atoms with Crippen LogP contribution in [0, 0.1) is 10.1 Å². The molecule has 0 radical (unpaired) electrons. The summed E-state index contributed by atoms with van der Waals surface area (Å²) in [6, 6.07) is 2.77. The fraction of sp³-hybridized carbons (Fsp3) is 0.333. The van der Waals surface area contributed by atoms with Gasteiger partial charge < -0.3 is 10.4 Å². The molecular formula is C9H9BrCl2N2O3. The Morgan fingerprint density at radius 1 is 1.59 bits per heavy atom. The molecule has 0 aliphatic heterocycles. The van der Waals surface area contributed by atoms with E-state index in [0.717, 1.165) is 0 Å². The number of nitrogens with one attached hydrogen (secondary N) is 1. The van der Waals surface area contributed by atoms with E-state index < -0.39 is 11.0 Å². The van der Waals surface area contributed by atoms with Crippen molar-refractivity contribution in [1.82, 2.24) is 0 Å². The summed E-state index contributed by atoms with van der Waals surface area (Å²) in [6.45, 7) is 0.116. The Morgan fingerprint density at radius 2 is 2.24 bits per heavy atom. The van der Waals surface area contributed by atoms with E-state index in [1.54, 1.807) is 0 Å². The molecule has 0 spiro atoms. The molecule has 1 unspecified atom stereocenters. The van der Waals surface area contributed by atoms with Crippen molar-refractivity contribution in [2.45, 2.75) is 6.10 Å². The van der Waals surface area contributed by atoms with Gasteiger partial charge in [-0.3, -0.25) is 10.1 Å². The second-order valence-corrected chi connectivity index (χ2v) is 4.83. The maximum Gasteiger partial charge on any atom is 0.294 e. The molecule has 0 saturated heterocycles. The van der Waals surface area contributed by atoms with Gasteiger partial charge in [-0.25, -0.2) is 0 Å². The minimum absolute atomic E-state index is 0.0476. The standard InChI is InChI=1S/C9H9BrCl2N2O3/c10-7-1-5(12)2-8(14(16)17)9(7)13-4-6(15)3-11/h1-2,6,13,15H,3-4H2. The van der Waals surface area contributed by atoms with Crippen molar-refractivity contribution in [2.75, 3.05) is 17.7 Å². The molecule has 0 amide bonds. The second kappa shape index (κ2) is 6.39. The maximum absolute atomic E-state index is 10.8. The number of aliphatic hydroxyl groups is 1. The third kappa shape index (κ3) is 3.99. The van der Waals surface area contributed by atoms with Crippen molar-refractivity contribution in [3.05, 3.63) is 31.7 Å². The maximum atomic E-state index is 10.8. The highest BCUT2D eigenvalue weighted by Gasteiger charge is 2.18. The van der Waals surface area contributed by atoms with Crippen LogP contribution in [0.5, 0.6) is 0 Å². The quantitative estimate of drug-likeness (QED) is 0.489. The SMILES string of the molecule is O=[N+]([O-])c1cc(Cl)cc(Br)c1NCC(O)CCl. The zero-order valence-corrected chi connectivity index (χ0v) is 11.6. The van der Waals surface area contributed by atoms with Gasteiger partial charge in [0.15, 0.2) is 0 Å². The number of nitro benzene ring substituents is 1. The lowest BCUT2D eigenvalue weighted by Gasteiger charge is -2.12. The Bertz CT molecular complexity index is 431. The number of hydrogen-bond donors (Lipinski definition) is 2. The molecule has 0 heterocycles. The van der Waals surface area contributed by atoms with Gasteiger partial charge in [0, 0.05) is 22.1 Å². The van der Waals surface area contributed by atoms with Crippen LogP contribution in [0.4, 0.5) is 11.4 Å². The van der Waals surface area contributed by atoms with Crippen LogP contribution in [0.15, 0.2) is 16.6 Å². The second-order valence-electron chi connectivity index (χ2n) is 3.23. The predicted molar refractivity (Wildman–Crippen MR) is 71.0 cm³/mol. The Kier molecular flexibility index (Phi) is 5.45. The van der Waals surface area contributed by atoms with Gasteiger partial charge in [-0.1, -0.05) is 11.6 Å². The van der Waals surface area contributed by atoms with E-state index in [4.69, 9.17) is 23.2 Å². The number of rotatable bonds is 5. The van der Waals surface area contributed by atoms with Gasteiger partial charge in [0.05, 0.1) is 16.9 Å². The van der Waals surface area contributed by atoms with E-state index in [0.29, 0.717) is 4.47 Å². The molecule has 0 saturated carbocycles. The summed E-state index contributed by atoms with van der Waals surface area (Å²) >= 11 is 14.3. The molecule has 0 aromatic heterocycles. The van der Waals surface area contributed by atoms with Crippen molar-refractivity contribution < 1.29 is 10.0 Å². The van der Waals surface area contributed by atoms with Crippen LogP contribution in [-0.4, -0.2) is 28.6 Å². The van der Waals surface area contributed by atoms with Gasteiger partial charge in [0.2, 0.25) is 0 Å². The summed E-state index contributed by atoms with van der Waals surface area (Å²) in [5.74, 6) is 0.0476. The highest BCUT2D eigenvalue weighted by Crippen LogP contribution is 2.35. The van der Waals surface area contributed by atoms with Crippen molar-refractivity contribution in [3.8, 4) is 0 Å². The summed E-state index contributed by atoms with van der Waals surface area (Å²) in [4.78, 5) is 10.3. The summed E-state index contributed by atoms with van der Waals surface area (Å²) in [5.41, 5.74) is 0.106. The summed E-state index contributed by atoms with van der Waals surface area (Å²) in [7, 11) is 0. The third-order valence-corrected chi connectivity index (χ3v) is 3.12. The lowest BCUT2D eigenvalue weighted by Crippen LogP contribution is -2.21. The van der Waals surface area contributed by atoms with Crippen LogP contribution in [0.1, 0.15) is 0 Å². The number of nitro groups is 1. The minimum atomic E-state index is -0.779. The van der Waals surface area contributed by atoms with E-state index in [1.165, 1.54) is 12.1 Å². The number of benzene rings is 1. The lowest BCUT2D eigenvalue weighted by atomic mass is 10.2. The fourth-order valence-corrected chi connectivity index (χ4v) is 2.20. The molecule has 0 aliphatic carbocycles. The Morgan fingerprint density at radius 3 is 2.76 bits per heavy atom. The van der Waals surface area contributed by atoms with E-state index >= 15 is 0 Å². The van der Waals surface area contributed by atoms with Crippen molar-refractivity contribution >= 4 is 50.5 Å². The van der Waals surface area contributed by atoms with E-state index in [-0.39, 0.29) is 28.8 Å². The predicted octanol–water partition coefficient (Wildman–Crippen LogP) is 3.02. The van der Waals surface area contributed by atoms with E-state index in [9.17, 15) is 15.2 Å². The van der Waals surface area contributed by atoms with Crippen molar-refractivity contribution in [2.24, 2.45) is 0 Å². The van der Waals surface area contributed by atoms with Gasteiger partial charge >= 0.3 is 0 Å². The van der Waals surface area contributed by atoms with Crippen LogP contribution >= 0.6 is 39.1 Å². The average molecular weight is 344 g/mol. The number of hydrogen-bond acceptors (Lipinski definition) is 4. The average Bonchev–Trinajstić information content (AvgIpc) is 2.26. The van der Waals surface area contributed by atoms with Crippen LogP contribution < -0.4 is 5.32 Å². The molecule has 1 aromatic carbocycles. The summed E-state index contributed by atoms with van der Waals surface area (Å²) in [6.07, 6.45) is -0.779. The molecule has 1 rings (SSSR count). The van der Waals surface area contributed by atoms with Crippen LogP contribution in [0.25, 0.3) is 0 Å². The Labute approximate surface area is 116 Å².